The zero-order valence-corrected chi connectivity index (χ0v) is 13.1. The maximum atomic E-state index is 4.65. The number of aromatic nitrogens is 2. The standard InChI is InChI=1S/C15H27N3S/c1-3-8-16-14(13-7-5-6-12-19-13)15-17-9-11-18(15)10-4-2/h9,11,13-14,16H,3-8,10,12H2,1-2H3. The first-order valence-electron chi connectivity index (χ1n) is 7.72. The first-order valence-corrected chi connectivity index (χ1v) is 8.77. The zero-order valence-electron chi connectivity index (χ0n) is 12.3. The third-order valence-electron chi connectivity index (χ3n) is 3.69. The highest BCUT2D eigenvalue weighted by Crippen LogP contribution is 2.34. The van der Waals surface area contributed by atoms with Crippen molar-refractivity contribution in [2.24, 2.45) is 0 Å². The molecule has 1 aliphatic rings. The summed E-state index contributed by atoms with van der Waals surface area (Å²) in [5.74, 6) is 2.55. The summed E-state index contributed by atoms with van der Waals surface area (Å²) in [6.45, 7) is 6.63. The van der Waals surface area contributed by atoms with Gasteiger partial charge in [0.1, 0.15) is 5.82 Å². The summed E-state index contributed by atoms with van der Waals surface area (Å²) in [4.78, 5) is 4.65. The van der Waals surface area contributed by atoms with Gasteiger partial charge < -0.3 is 9.88 Å². The number of nitrogens with one attached hydrogen (secondary N) is 1. The van der Waals surface area contributed by atoms with Crippen LogP contribution in [0.5, 0.6) is 0 Å². The van der Waals surface area contributed by atoms with E-state index in [4.69, 9.17) is 0 Å². The second-order valence-corrected chi connectivity index (χ2v) is 6.66. The van der Waals surface area contributed by atoms with Gasteiger partial charge in [0.25, 0.3) is 0 Å². The van der Waals surface area contributed by atoms with E-state index in [1.54, 1.807) is 0 Å². The van der Waals surface area contributed by atoms with Crippen molar-refractivity contribution in [1.82, 2.24) is 14.9 Å². The number of hydrogen-bond donors (Lipinski definition) is 1. The van der Waals surface area contributed by atoms with Gasteiger partial charge in [-0.1, -0.05) is 20.3 Å². The predicted octanol–water partition coefficient (Wildman–Crippen LogP) is 3.62. The molecule has 1 saturated heterocycles. The molecule has 2 atom stereocenters. The summed E-state index contributed by atoms with van der Waals surface area (Å²) in [6, 6.07) is 0.423. The fraction of sp³-hybridized carbons (Fsp3) is 0.800. The lowest BCUT2D eigenvalue weighted by Gasteiger charge is -2.30. The Morgan fingerprint density at radius 2 is 2.32 bits per heavy atom. The molecule has 1 aromatic rings. The van der Waals surface area contributed by atoms with Crippen molar-refractivity contribution in [1.29, 1.82) is 0 Å². The van der Waals surface area contributed by atoms with Crippen LogP contribution in [0, 0.1) is 0 Å². The van der Waals surface area contributed by atoms with Crippen LogP contribution in [-0.4, -0.2) is 27.1 Å². The minimum Gasteiger partial charge on any atom is -0.334 e. The molecule has 1 fully saturated rings. The van der Waals surface area contributed by atoms with Gasteiger partial charge >= 0.3 is 0 Å². The largest absolute Gasteiger partial charge is 0.334 e. The average Bonchev–Trinajstić information content (AvgIpc) is 2.89. The van der Waals surface area contributed by atoms with Crippen molar-refractivity contribution >= 4 is 11.8 Å². The number of nitrogens with zero attached hydrogens (tertiary/aromatic N) is 2. The monoisotopic (exact) mass is 281 g/mol. The summed E-state index contributed by atoms with van der Waals surface area (Å²) in [7, 11) is 0. The van der Waals surface area contributed by atoms with Crippen LogP contribution in [0.15, 0.2) is 12.4 Å². The van der Waals surface area contributed by atoms with Crippen molar-refractivity contribution in [3.63, 3.8) is 0 Å². The molecule has 108 valence electrons. The molecule has 1 aliphatic heterocycles. The van der Waals surface area contributed by atoms with Crippen molar-refractivity contribution in [2.45, 2.75) is 63.8 Å². The van der Waals surface area contributed by atoms with E-state index in [9.17, 15) is 0 Å². The lowest BCUT2D eigenvalue weighted by Crippen LogP contribution is -2.34. The third kappa shape index (κ3) is 3.99. The second-order valence-electron chi connectivity index (χ2n) is 5.32. The Morgan fingerprint density at radius 3 is 3.00 bits per heavy atom. The van der Waals surface area contributed by atoms with Gasteiger partial charge in [0.15, 0.2) is 0 Å². The molecule has 1 N–H and O–H groups in total. The Balaban J connectivity index is 2.12. The van der Waals surface area contributed by atoms with Crippen LogP contribution in [0.4, 0.5) is 0 Å². The van der Waals surface area contributed by atoms with Crippen molar-refractivity contribution in [3.8, 4) is 0 Å². The third-order valence-corrected chi connectivity index (χ3v) is 5.15. The Hall–Kier alpha value is -0.480. The van der Waals surface area contributed by atoms with Gasteiger partial charge in [-0.25, -0.2) is 4.98 Å². The molecule has 2 heterocycles. The van der Waals surface area contributed by atoms with Gasteiger partial charge in [0.2, 0.25) is 0 Å². The van der Waals surface area contributed by atoms with E-state index in [1.165, 1.54) is 43.7 Å². The van der Waals surface area contributed by atoms with Gasteiger partial charge in [-0.2, -0.15) is 11.8 Å². The first-order chi connectivity index (χ1) is 9.36. The summed E-state index contributed by atoms with van der Waals surface area (Å²) in [6.07, 6.45) is 10.5. The van der Waals surface area contributed by atoms with Gasteiger partial charge in [0, 0.05) is 24.2 Å². The Bertz CT molecular complexity index is 358. The average molecular weight is 281 g/mol. The van der Waals surface area contributed by atoms with Gasteiger partial charge in [-0.15, -0.1) is 0 Å². The Morgan fingerprint density at radius 1 is 1.42 bits per heavy atom. The van der Waals surface area contributed by atoms with Crippen molar-refractivity contribution in [3.05, 3.63) is 18.2 Å². The van der Waals surface area contributed by atoms with Gasteiger partial charge in [-0.3, -0.25) is 0 Å². The quantitative estimate of drug-likeness (QED) is 0.828. The second kappa shape index (κ2) is 7.95. The Kier molecular flexibility index (Phi) is 6.24. The minimum absolute atomic E-state index is 0.423. The topological polar surface area (TPSA) is 29.9 Å². The summed E-state index contributed by atoms with van der Waals surface area (Å²) >= 11 is 2.13. The molecule has 1 aromatic heterocycles. The highest BCUT2D eigenvalue weighted by Gasteiger charge is 2.28. The number of rotatable bonds is 7. The molecule has 3 nitrogen and oxygen atoms in total. The normalized spacial score (nSPS) is 21.5. The molecule has 0 aliphatic carbocycles. The lowest BCUT2D eigenvalue weighted by atomic mass is 10.1. The van der Waals surface area contributed by atoms with Crippen LogP contribution < -0.4 is 5.32 Å². The molecule has 19 heavy (non-hydrogen) atoms. The molecular weight excluding hydrogens is 254 g/mol. The van der Waals surface area contributed by atoms with Crippen LogP contribution in [0.3, 0.4) is 0 Å². The van der Waals surface area contributed by atoms with Crippen LogP contribution in [0.25, 0.3) is 0 Å². The van der Waals surface area contributed by atoms with Crippen LogP contribution >= 0.6 is 11.8 Å². The van der Waals surface area contributed by atoms with E-state index < -0.39 is 0 Å². The highest BCUT2D eigenvalue weighted by molar-refractivity contribution is 8.00. The first kappa shape index (κ1) is 14.9. The fourth-order valence-electron chi connectivity index (χ4n) is 2.75. The molecule has 4 heteroatoms. The summed E-state index contributed by atoms with van der Waals surface area (Å²) in [5, 5.41) is 4.43. The van der Waals surface area contributed by atoms with E-state index in [0.717, 1.165) is 13.1 Å². The highest BCUT2D eigenvalue weighted by atomic mass is 32.2. The van der Waals surface area contributed by atoms with Gasteiger partial charge in [0.05, 0.1) is 6.04 Å². The molecule has 0 spiro atoms. The zero-order chi connectivity index (χ0) is 13.5. The van der Waals surface area contributed by atoms with E-state index in [1.807, 2.05) is 6.20 Å². The molecule has 0 bridgehead atoms. The van der Waals surface area contributed by atoms with Crippen LogP contribution in [0.2, 0.25) is 0 Å². The predicted molar refractivity (Wildman–Crippen MR) is 83.6 cm³/mol. The molecule has 0 amide bonds. The maximum absolute atomic E-state index is 4.65. The fourth-order valence-corrected chi connectivity index (χ4v) is 4.16. The number of hydrogen-bond acceptors (Lipinski definition) is 3. The number of aryl methyl sites for hydroxylation is 1. The summed E-state index contributed by atoms with van der Waals surface area (Å²) in [5.41, 5.74) is 0. The smallest absolute Gasteiger partial charge is 0.126 e. The van der Waals surface area contributed by atoms with E-state index >= 15 is 0 Å². The van der Waals surface area contributed by atoms with Crippen molar-refractivity contribution in [2.75, 3.05) is 12.3 Å². The molecule has 2 rings (SSSR count). The molecule has 0 aromatic carbocycles. The lowest BCUT2D eigenvalue weighted by molar-refractivity contribution is 0.440. The van der Waals surface area contributed by atoms with Crippen LogP contribution in [0.1, 0.15) is 57.8 Å². The molecular formula is C15H27N3S. The molecule has 0 radical (unpaired) electrons. The molecule has 0 saturated carbocycles. The Labute approximate surface area is 121 Å². The maximum Gasteiger partial charge on any atom is 0.126 e. The molecule has 2 unspecified atom stereocenters. The van der Waals surface area contributed by atoms with E-state index in [2.05, 4.69) is 46.7 Å². The SMILES string of the molecule is CCCNC(c1nccn1CCC)C1CCCCS1. The minimum atomic E-state index is 0.423. The summed E-state index contributed by atoms with van der Waals surface area (Å²) < 4.78 is 2.34. The number of thioether (sulfide) groups is 1. The van der Waals surface area contributed by atoms with Crippen LogP contribution in [-0.2, 0) is 6.54 Å². The van der Waals surface area contributed by atoms with Crippen molar-refractivity contribution < 1.29 is 0 Å². The van der Waals surface area contributed by atoms with E-state index in [0.29, 0.717) is 11.3 Å². The van der Waals surface area contributed by atoms with E-state index in [-0.39, 0.29) is 0 Å². The number of imidazole rings is 1. The van der Waals surface area contributed by atoms with Gasteiger partial charge in [-0.05, 0) is 38.0 Å².